The third-order valence-electron chi connectivity index (χ3n) is 2.27. The van der Waals surface area contributed by atoms with Gasteiger partial charge < -0.3 is 9.84 Å². The van der Waals surface area contributed by atoms with E-state index in [2.05, 4.69) is 0 Å². The second-order valence-corrected chi connectivity index (χ2v) is 3.87. The Morgan fingerprint density at radius 1 is 1.47 bits per heavy atom. The monoisotopic (exact) mass is 254 g/mol. The van der Waals surface area contributed by atoms with E-state index in [-0.39, 0.29) is 0 Å². The third kappa shape index (κ3) is 3.79. The van der Waals surface area contributed by atoms with Gasteiger partial charge in [0.25, 0.3) is 0 Å². The first-order chi connectivity index (χ1) is 8.08. The van der Waals surface area contributed by atoms with Crippen molar-refractivity contribution in [2.24, 2.45) is 0 Å². The molecule has 0 saturated carbocycles. The summed E-state index contributed by atoms with van der Waals surface area (Å²) in [6, 6.07) is 5.21. The van der Waals surface area contributed by atoms with Gasteiger partial charge in [0.2, 0.25) is 0 Å². The van der Waals surface area contributed by atoms with Crippen molar-refractivity contribution in [3.63, 3.8) is 0 Å². The van der Waals surface area contributed by atoms with Gasteiger partial charge in [-0.1, -0.05) is 18.5 Å². The van der Waals surface area contributed by atoms with E-state index < -0.39 is 5.97 Å². The molecule has 0 spiro atoms. The number of hydrogen-bond donors (Lipinski definition) is 1. The van der Waals surface area contributed by atoms with Crippen molar-refractivity contribution < 1.29 is 14.6 Å². The highest BCUT2D eigenvalue weighted by Gasteiger charge is 2.09. The lowest BCUT2D eigenvalue weighted by atomic mass is 10.0. The fourth-order valence-corrected chi connectivity index (χ4v) is 1.73. The summed E-state index contributed by atoms with van der Waals surface area (Å²) < 4.78 is 5.46. The number of allylic oxidation sites excluding steroid dienone is 1. The van der Waals surface area contributed by atoms with Crippen LogP contribution in [0.5, 0.6) is 5.75 Å². The van der Waals surface area contributed by atoms with Gasteiger partial charge in [0, 0.05) is 16.7 Å². The number of carboxylic acid groups (broad SMARTS) is 1. The number of ether oxygens (including phenoxy) is 1. The number of carbonyl (C=O) groups is 1. The van der Waals surface area contributed by atoms with Gasteiger partial charge in [-0.15, -0.1) is 0 Å². The van der Waals surface area contributed by atoms with E-state index in [1.54, 1.807) is 18.2 Å². The topological polar surface area (TPSA) is 46.5 Å². The largest absolute Gasteiger partial charge is 0.493 e. The zero-order valence-corrected chi connectivity index (χ0v) is 10.6. The van der Waals surface area contributed by atoms with Crippen LogP contribution >= 0.6 is 11.6 Å². The molecule has 0 unspecified atom stereocenters. The molecule has 0 radical (unpaired) electrons. The minimum Gasteiger partial charge on any atom is -0.493 e. The van der Waals surface area contributed by atoms with Crippen LogP contribution in [0.2, 0.25) is 5.02 Å². The van der Waals surface area contributed by atoms with Crippen LogP contribution in [0.1, 0.15) is 25.8 Å². The summed E-state index contributed by atoms with van der Waals surface area (Å²) in [5.41, 5.74) is 1.44. The molecular formula is C13H15ClO3. The normalized spacial score (nSPS) is 11.4. The Balaban J connectivity index is 3.25. The summed E-state index contributed by atoms with van der Waals surface area (Å²) in [5.74, 6) is -0.310. The maximum absolute atomic E-state index is 10.7. The number of benzene rings is 1. The van der Waals surface area contributed by atoms with Gasteiger partial charge >= 0.3 is 5.97 Å². The Bertz CT molecular complexity index is 438. The predicted molar refractivity (Wildman–Crippen MR) is 68.5 cm³/mol. The minimum absolute atomic E-state index is 0.526. The van der Waals surface area contributed by atoms with E-state index in [9.17, 15) is 4.79 Å². The molecule has 0 saturated heterocycles. The predicted octanol–water partition coefficient (Wildman–Crippen LogP) is 3.62. The molecule has 0 aromatic heterocycles. The van der Waals surface area contributed by atoms with Gasteiger partial charge in [-0.3, -0.25) is 0 Å². The molecule has 1 aromatic rings. The molecule has 0 fully saturated rings. The quantitative estimate of drug-likeness (QED) is 0.817. The van der Waals surface area contributed by atoms with E-state index in [1.807, 2.05) is 13.8 Å². The highest BCUT2D eigenvalue weighted by atomic mass is 35.5. The van der Waals surface area contributed by atoms with Crippen molar-refractivity contribution in [1.29, 1.82) is 0 Å². The van der Waals surface area contributed by atoms with Crippen LogP contribution in [0.15, 0.2) is 24.3 Å². The highest BCUT2D eigenvalue weighted by molar-refractivity contribution is 6.30. The van der Waals surface area contributed by atoms with E-state index in [0.717, 1.165) is 5.56 Å². The Kier molecular flexibility index (Phi) is 5.04. The van der Waals surface area contributed by atoms with Crippen LogP contribution in [0, 0.1) is 0 Å². The molecule has 0 heterocycles. The first-order valence-electron chi connectivity index (χ1n) is 5.44. The van der Waals surface area contributed by atoms with Crippen molar-refractivity contribution >= 4 is 23.1 Å². The molecule has 4 heteroatoms. The van der Waals surface area contributed by atoms with Crippen LogP contribution in [0.3, 0.4) is 0 Å². The Labute approximate surface area is 106 Å². The molecule has 17 heavy (non-hydrogen) atoms. The second kappa shape index (κ2) is 6.30. The molecule has 1 rings (SSSR count). The van der Waals surface area contributed by atoms with Crippen LogP contribution in [0.4, 0.5) is 0 Å². The Morgan fingerprint density at radius 3 is 2.71 bits per heavy atom. The smallest absolute Gasteiger partial charge is 0.328 e. The summed E-state index contributed by atoms with van der Waals surface area (Å²) in [7, 11) is 0. The van der Waals surface area contributed by atoms with E-state index in [1.165, 1.54) is 6.08 Å². The zero-order valence-electron chi connectivity index (χ0n) is 9.87. The van der Waals surface area contributed by atoms with E-state index in [0.29, 0.717) is 29.4 Å². The van der Waals surface area contributed by atoms with Crippen molar-refractivity contribution in [3.05, 3.63) is 34.9 Å². The van der Waals surface area contributed by atoms with Gasteiger partial charge in [-0.2, -0.15) is 0 Å². The summed E-state index contributed by atoms with van der Waals surface area (Å²) in [6.45, 7) is 4.30. The fraction of sp³-hybridized carbons (Fsp3) is 0.308. The number of hydrogen-bond acceptors (Lipinski definition) is 2. The number of carboxylic acids is 1. The average molecular weight is 255 g/mol. The lowest BCUT2D eigenvalue weighted by Crippen LogP contribution is -1.98. The lowest BCUT2D eigenvalue weighted by Gasteiger charge is -2.12. The van der Waals surface area contributed by atoms with Gasteiger partial charge in [-0.25, -0.2) is 4.79 Å². The van der Waals surface area contributed by atoms with E-state index >= 15 is 0 Å². The highest BCUT2D eigenvalue weighted by Crippen LogP contribution is 2.31. The van der Waals surface area contributed by atoms with Crippen molar-refractivity contribution in [2.75, 3.05) is 6.61 Å². The maximum Gasteiger partial charge on any atom is 0.328 e. The first kappa shape index (κ1) is 13.6. The summed E-state index contributed by atoms with van der Waals surface area (Å²) in [4.78, 5) is 10.7. The maximum atomic E-state index is 10.7. The molecule has 0 amide bonds. The third-order valence-corrected chi connectivity index (χ3v) is 2.50. The molecule has 0 aliphatic carbocycles. The van der Waals surface area contributed by atoms with Crippen LogP contribution in [0.25, 0.3) is 5.57 Å². The van der Waals surface area contributed by atoms with Crippen molar-refractivity contribution in [3.8, 4) is 5.75 Å². The Morgan fingerprint density at radius 2 is 2.18 bits per heavy atom. The van der Waals surface area contributed by atoms with Crippen molar-refractivity contribution in [2.45, 2.75) is 20.3 Å². The van der Waals surface area contributed by atoms with Crippen LogP contribution in [-0.2, 0) is 4.79 Å². The number of halogens is 1. The first-order valence-corrected chi connectivity index (χ1v) is 5.82. The summed E-state index contributed by atoms with van der Waals surface area (Å²) >= 11 is 5.92. The minimum atomic E-state index is -0.968. The summed E-state index contributed by atoms with van der Waals surface area (Å²) in [6.07, 6.45) is 1.79. The summed E-state index contributed by atoms with van der Waals surface area (Å²) in [5, 5.41) is 9.38. The molecule has 3 nitrogen and oxygen atoms in total. The van der Waals surface area contributed by atoms with Gasteiger partial charge in [0.15, 0.2) is 0 Å². The zero-order chi connectivity index (χ0) is 12.8. The van der Waals surface area contributed by atoms with Crippen molar-refractivity contribution in [1.82, 2.24) is 0 Å². The number of aliphatic carboxylic acids is 1. The second-order valence-electron chi connectivity index (χ2n) is 3.43. The number of rotatable bonds is 5. The SMILES string of the molecule is CCOc1ccc(Cl)cc1/C(=C/C(=O)O)CC. The van der Waals surface area contributed by atoms with Gasteiger partial charge in [-0.05, 0) is 37.1 Å². The molecule has 1 N–H and O–H groups in total. The van der Waals surface area contributed by atoms with Crippen LogP contribution in [-0.4, -0.2) is 17.7 Å². The van der Waals surface area contributed by atoms with E-state index in [4.69, 9.17) is 21.4 Å². The molecule has 0 bridgehead atoms. The molecule has 0 aliphatic heterocycles. The lowest BCUT2D eigenvalue weighted by molar-refractivity contribution is -0.131. The molecule has 0 atom stereocenters. The Hall–Kier alpha value is -1.48. The van der Waals surface area contributed by atoms with Crippen LogP contribution < -0.4 is 4.74 Å². The molecule has 0 aliphatic rings. The molecule has 1 aromatic carbocycles. The molecular weight excluding hydrogens is 240 g/mol. The van der Waals surface area contributed by atoms with Gasteiger partial charge in [0.1, 0.15) is 5.75 Å². The fourth-order valence-electron chi connectivity index (χ4n) is 1.55. The average Bonchev–Trinajstić information content (AvgIpc) is 2.28. The standard InChI is InChI=1S/C13H15ClO3/c1-3-9(7-13(15)16)11-8-10(14)5-6-12(11)17-4-2/h5-8H,3-4H2,1-2H3,(H,15,16)/b9-7+. The molecule has 92 valence electrons. The van der Waals surface area contributed by atoms with Gasteiger partial charge in [0.05, 0.1) is 6.61 Å².